The molecule has 1 aromatic carbocycles. The summed E-state index contributed by atoms with van der Waals surface area (Å²) < 4.78 is 11.0. The van der Waals surface area contributed by atoms with Gasteiger partial charge in [0, 0.05) is 33.4 Å². The monoisotopic (exact) mass is 333 g/mol. The van der Waals surface area contributed by atoms with Crippen LogP contribution in [0.15, 0.2) is 23.2 Å². The quantitative estimate of drug-likeness (QED) is 0.435. The van der Waals surface area contributed by atoms with Crippen LogP contribution >= 0.6 is 0 Å². The molecule has 5 nitrogen and oxygen atoms in total. The predicted molar refractivity (Wildman–Crippen MR) is 98.8 cm³/mol. The number of aryl methyl sites for hydroxylation is 2. The van der Waals surface area contributed by atoms with Crippen LogP contribution in [-0.4, -0.2) is 52.0 Å². The van der Waals surface area contributed by atoms with E-state index in [0.717, 1.165) is 58.1 Å². The lowest BCUT2D eigenvalue weighted by atomic mass is 10.1. The maximum atomic E-state index is 5.75. The Labute approximate surface area is 145 Å². The van der Waals surface area contributed by atoms with Crippen LogP contribution in [0.25, 0.3) is 0 Å². The Hall–Kier alpha value is -1.59. The Balaban J connectivity index is 1.58. The van der Waals surface area contributed by atoms with E-state index in [-0.39, 0.29) is 0 Å². The second kappa shape index (κ2) is 10.3. The minimum atomic E-state index is 0.292. The first kappa shape index (κ1) is 18.7. The van der Waals surface area contributed by atoms with E-state index in [1.807, 2.05) is 0 Å². The molecule has 1 saturated heterocycles. The van der Waals surface area contributed by atoms with E-state index in [9.17, 15) is 0 Å². The van der Waals surface area contributed by atoms with Gasteiger partial charge in [-0.15, -0.1) is 0 Å². The first-order chi connectivity index (χ1) is 11.7. The van der Waals surface area contributed by atoms with Crippen molar-refractivity contribution in [1.82, 2.24) is 10.6 Å². The molecule has 0 spiro atoms. The molecule has 5 heteroatoms. The summed E-state index contributed by atoms with van der Waals surface area (Å²) in [4.78, 5) is 4.26. The molecule has 0 bridgehead atoms. The highest BCUT2D eigenvalue weighted by atomic mass is 16.5. The first-order valence-corrected chi connectivity index (χ1v) is 8.88. The second-order valence-electron chi connectivity index (χ2n) is 6.38. The average Bonchev–Trinajstić information content (AvgIpc) is 3.05. The normalized spacial score (nSPS) is 18.0. The number of hydrogen-bond donors (Lipinski definition) is 2. The summed E-state index contributed by atoms with van der Waals surface area (Å²) >= 11 is 0. The minimum absolute atomic E-state index is 0.292. The van der Waals surface area contributed by atoms with Gasteiger partial charge in [0.25, 0.3) is 0 Å². The third-order valence-electron chi connectivity index (χ3n) is 4.07. The molecule has 24 heavy (non-hydrogen) atoms. The number of nitrogens with zero attached hydrogens (tertiary/aromatic N) is 1. The number of guanidine groups is 1. The van der Waals surface area contributed by atoms with Crippen LogP contribution in [0.2, 0.25) is 0 Å². The molecule has 0 radical (unpaired) electrons. The minimum Gasteiger partial charge on any atom is -0.379 e. The van der Waals surface area contributed by atoms with Crippen LogP contribution in [0.1, 0.15) is 29.5 Å². The van der Waals surface area contributed by atoms with Crippen LogP contribution in [0.3, 0.4) is 0 Å². The molecular weight excluding hydrogens is 302 g/mol. The van der Waals surface area contributed by atoms with Gasteiger partial charge in [0.2, 0.25) is 0 Å². The van der Waals surface area contributed by atoms with Gasteiger partial charge in [0.1, 0.15) is 0 Å². The van der Waals surface area contributed by atoms with Crippen molar-refractivity contribution in [2.75, 3.05) is 40.0 Å². The molecule has 0 aromatic heterocycles. The molecule has 1 aliphatic rings. The Morgan fingerprint density at radius 2 is 1.96 bits per heavy atom. The van der Waals surface area contributed by atoms with E-state index in [4.69, 9.17) is 9.47 Å². The van der Waals surface area contributed by atoms with E-state index in [1.165, 1.54) is 16.7 Å². The number of hydrogen-bond acceptors (Lipinski definition) is 3. The van der Waals surface area contributed by atoms with Crippen LogP contribution in [0.5, 0.6) is 0 Å². The summed E-state index contributed by atoms with van der Waals surface area (Å²) in [6.07, 6.45) is 3.28. The van der Waals surface area contributed by atoms with E-state index in [1.54, 1.807) is 7.05 Å². The van der Waals surface area contributed by atoms with E-state index in [0.29, 0.717) is 6.10 Å². The number of nitrogens with one attached hydrogen (secondary N) is 2. The molecule has 1 aliphatic heterocycles. The van der Waals surface area contributed by atoms with Crippen molar-refractivity contribution in [3.8, 4) is 0 Å². The molecule has 1 aromatic rings. The second-order valence-corrected chi connectivity index (χ2v) is 6.38. The van der Waals surface area contributed by atoms with Gasteiger partial charge < -0.3 is 20.1 Å². The van der Waals surface area contributed by atoms with Gasteiger partial charge in [-0.25, -0.2) is 0 Å². The summed E-state index contributed by atoms with van der Waals surface area (Å²) in [7, 11) is 1.80. The SMILES string of the molecule is CN=C(NCCCOC1CCOC1)NCCc1cc(C)cc(C)c1. The van der Waals surface area contributed by atoms with Crippen LogP contribution < -0.4 is 10.6 Å². The average molecular weight is 333 g/mol. The van der Waals surface area contributed by atoms with E-state index in [2.05, 4.69) is 47.7 Å². The zero-order valence-corrected chi connectivity index (χ0v) is 15.2. The lowest BCUT2D eigenvalue weighted by Gasteiger charge is -2.13. The van der Waals surface area contributed by atoms with Crippen molar-refractivity contribution in [2.45, 2.75) is 39.2 Å². The zero-order chi connectivity index (χ0) is 17.2. The Morgan fingerprint density at radius 1 is 1.21 bits per heavy atom. The molecule has 2 rings (SSSR count). The maximum absolute atomic E-state index is 5.75. The van der Waals surface area contributed by atoms with Gasteiger partial charge >= 0.3 is 0 Å². The Kier molecular flexibility index (Phi) is 8.05. The standard InChI is InChI=1S/C19H31N3O2/c1-15-11-16(2)13-17(12-15)5-8-22-19(20-3)21-7-4-9-24-18-6-10-23-14-18/h11-13,18H,4-10,14H2,1-3H3,(H2,20,21,22). The summed E-state index contributed by atoms with van der Waals surface area (Å²) in [5.41, 5.74) is 4.00. The summed E-state index contributed by atoms with van der Waals surface area (Å²) in [6.45, 7) is 8.36. The summed E-state index contributed by atoms with van der Waals surface area (Å²) in [5.74, 6) is 0.851. The fraction of sp³-hybridized carbons (Fsp3) is 0.632. The van der Waals surface area contributed by atoms with Gasteiger partial charge in [-0.2, -0.15) is 0 Å². The van der Waals surface area contributed by atoms with Gasteiger partial charge in [-0.1, -0.05) is 29.3 Å². The number of rotatable bonds is 8. The maximum Gasteiger partial charge on any atom is 0.190 e. The first-order valence-electron chi connectivity index (χ1n) is 8.88. The van der Waals surface area contributed by atoms with Crippen molar-refractivity contribution < 1.29 is 9.47 Å². The fourth-order valence-corrected chi connectivity index (χ4v) is 2.93. The van der Waals surface area contributed by atoms with Gasteiger partial charge in [-0.05, 0) is 38.7 Å². The van der Waals surface area contributed by atoms with Crippen molar-refractivity contribution >= 4 is 5.96 Å². The summed E-state index contributed by atoms with van der Waals surface area (Å²) in [5, 5.41) is 6.70. The van der Waals surface area contributed by atoms with Crippen LogP contribution in [0, 0.1) is 13.8 Å². The molecule has 134 valence electrons. The van der Waals surface area contributed by atoms with Crippen molar-refractivity contribution in [3.63, 3.8) is 0 Å². The van der Waals surface area contributed by atoms with Gasteiger partial charge in [0.15, 0.2) is 5.96 Å². The smallest absolute Gasteiger partial charge is 0.190 e. The van der Waals surface area contributed by atoms with Gasteiger partial charge in [-0.3, -0.25) is 4.99 Å². The highest BCUT2D eigenvalue weighted by Gasteiger charge is 2.15. The van der Waals surface area contributed by atoms with Crippen LogP contribution in [0.4, 0.5) is 0 Å². The zero-order valence-electron chi connectivity index (χ0n) is 15.2. The lowest BCUT2D eigenvalue weighted by molar-refractivity contribution is 0.0420. The predicted octanol–water partition coefficient (Wildman–Crippen LogP) is 2.21. The Bertz CT molecular complexity index is 505. The Morgan fingerprint density at radius 3 is 2.62 bits per heavy atom. The molecule has 1 fully saturated rings. The molecule has 0 saturated carbocycles. The molecule has 2 N–H and O–H groups in total. The lowest BCUT2D eigenvalue weighted by Crippen LogP contribution is -2.39. The van der Waals surface area contributed by atoms with Crippen molar-refractivity contribution in [2.24, 2.45) is 4.99 Å². The summed E-state index contributed by atoms with van der Waals surface area (Å²) in [6, 6.07) is 6.70. The number of ether oxygens (including phenoxy) is 2. The number of benzene rings is 1. The van der Waals surface area contributed by atoms with E-state index >= 15 is 0 Å². The topological polar surface area (TPSA) is 54.9 Å². The molecule has 1 atom stereocenters. The van der Waals surface area contributed by atoms with E-state index < -0.39 is 0 Å². The molecule has 1 unspecified atom stereocenters. The molecule has 1 heterocycles. The highest BCUT2D eigenvalue weighted by molar-refractivity contribution is 5.79. The van der Waals surface area contributed by atoms with Crippen molar-refractivity contribution in [1.29, 1.82) is 0 Å². The molecule has 0 aliphatic carbocycles. The fourth-order valence-electron chi connectivity index (χ4n) is 2.93. The third-order valence-corrected chi connectivity index (χ3v) is 4.07. The van der Waals surface area contributed by atoms with Gasteiger partial charge in [0.05, 0.1) is 12.7 Å². The third kappa shape index (κ3) is 6.89. The molecular formula is C19H31N3O2. The molecule has 0 amide bonds. The largest absolute Gasteiger partial charge is 0.379 e. The number of aliphatic imine (C=N–C) groups is 1. The van der Waals surface area contributed by atoms with Crippen molar-refractivity contribution in [3.05, 3.63) is 34.9 Å². The highest BCUT2D eigenvalue weighted by Crippen LogP contribution is 2.09. The van der Waals surface area contributed by atoms with Crippen LogP contribution in [-0.2, 0) is 15.9 Å².